The number of nitrogens with zero attached hydrogens (tertiary/aromatic N) is 1. The summed E-state index contributed by atoms with van der Waals surface area (Å²) in [6.07, 6.45) is 1.88. The van der Waals surface area contributed by atoms with E-state index in [4.69, 9.17) is 9.47 Å². The maximum absolute atomic E-state index is 5.36. The maximum Gasteiger partial charge on any atom is 0.187 e. The first-order chi connectivity index (χ1) is 10.3. The minimum Gasteiger partial charge on any atom is -0.497 e. The standard InChI is InChI=1S/C15H14N2O2S2/c1-18-10-5-6-12(19-2)11(8-10)17-15-16-9-14(21-15)13-4-3-7-20-13/h3-9H,1-2H3,(H,16,17). The second kappa shape index (κ2) is 6.15. The average molecular weight is 318 g/mol. The molecule has 0 aliphatic rings. The summed E-state index contributed by atoms with van der Waals surface area (Å²) in [5.41, 5.74) is 0.837. The van der Waals surface area contributed by atoms with Crippen LogP contribution in [0.5, 0.6) is 11.5 Å². The second-order valence-corrected chi connectivity index (χ2v) is 6.18. The zero-order valence-corrected chi connectivity index (χ0v) is 13.3. The highest BCUT2D eigenvalue weighted by Crippen LogP contribution is 2.36. The minimum atomic E-state index is 0.753. The molecule has 6 heteroatoms. The molecule has 0 aliphatic carbocycles. The zero-order valence-electron chi connectivity index (χ0n) is 11.6. The largest absolute Gasteiger partial charge is 0.497 e. The van der Waals surface area contributed by atoms with Gasteiger partial charge in [0.05, 0.1) is 24.8 Å². The predicted molar refractivity (Wildman–Crippen MR) is 88.3 cm³/mol. The molecule has 3 rings (SSSR count). The number of benzene rings is 1. The van der Waals surface area contributed by atoms with Crippen LogP contribution in [0.25, 0.3) is 9.75 Å². The van der Waals surface area contributed by atoms with Crippen molar-refractivity contribution in [3.8, 4) is 21.3 Å². The monoisotopic (exact) mass is 318 g/mol. The summed E-state index contributed by atoms with van der Waals surface area (Å²) >= 11 is 3.32. The van der Waals surface area contributed by atoms with Crippen molar-refractivity contribution in [2.24, 2.45) is 0 Å². The molecule has 4 nitrogen and oxygen atoms in total. The minimum absolute atomic E-state index is 0.753. The fourth-order valence-corrected chi connectivity index (χ4v) is 3.54. The third-order valence-electron chi connectivity index (χ3n) is 2.92. The normalized spacial score (nSPS) is 10.4. The number of thiazole rings is 1. The summed E-state index contributed by atoms with van der Waals surface area (Å²) in [5, 5.41) is 6.17. The molecular formula is C15H14N2O2S2. The Kier molecular flexibility index (Phi) is 4.08. The lowest BCUT2D eigenvalue weighted by atomic mass is 10.2. The Bertz CT molecular complexity index is 723. The van der Waals surface area contributed by atoms with Crippen LogP contribution in [0.2, 0.25) is 0 Å². The van der Waals surface area contributed by atoms with Crippen molar-refractivity contribution in [1.29, 1.82) is 0 Å². The van der Waals surface area contributed by atoms with Crippen LogP contribution in [0.4, 0.5) is 10.8 Å². The first-order valence-corrected chi connectivity index (χ1v) is 7.98. The first kappa shape index (κ1) is 13.9. The number of rotatable bonds is 5. The number of aromatic nitrogens is 1. The highest BCUT2D eigenvalue weighted by molar-refractivity contribution is 7.23. The molecule has 2 heterocycles. The van der Waals surface area contributed by atoms with Gasteiger partial charge in [-0.1, -0.05) is 17.4 Å². The van der Waals surface area contributed by atoms with Crippen LogP contribution < -0.4 is 14.8 Å². The van der Waals surface area contributed by atoms with E-state index in [1.807, 2.05) is 30.5 Å². The molecule has 0 saturated heterocycles. The smallest absolute Gasteiger partial charge is 0.187 e. The van der Waals surface area contributed by atoms with E-state index in [2.05, 4.69) is 21.7 Å². The average Bonchev–Trinajstić information content (AvgIpc) is 3.18. The quantitative estimate of drug-likeness (QED) is 0.744. The Labute approximate surface area is 131 Å². The second-order valence-electron chi connectivity index (χ2n) is 4.20. The van der Waals surface area contributed by atoms with Crippen molar-refractivity contribution in [2.75, 3.05) is 19.5 Å². The predicted octanol–water partition coefficient (Wildman–Crippen LogP) is 4.63. The summed E-state index contributed by atoms with van der Waals surface area (Å²) < 4.78 is 10.6. The highest BCUT2D eigenvalue weighted by Gasteiger charge is 2.09. The SMILES string of the molecule is COc1ccc(OC)c(Nc2ncc(-c3cccs3)s2)c1. The van der Waals surface area contributed by atoms with Gasteiger partial charge in [-0.15, -0.1) is 11.3 Å². The van der Waals surface area contributed by atoms with Crippen LogP contribution >= 0.6 is 22.7 Å². The Hall–Kier alpha value is -2.05. The molecule has 108 valence electrons. The third kappa shape index (κ3) is 3.01. The molecule has 1 aromatic carbocycles. The van der Waals surface area contributed by atoms with Gasteiger partial charge in [-0.25, -0.2) is 4.98 Å². The van der Waals surface area contributed by atoms with E-state index in [0.29, 0.717) is 0 Å². The van der Waals surface area contributed by atoms with Gasteiger partial charge in [0.1, 0.15) is 11.5 Å². The summed E-state index contributed by atoms with van der Waals surface area (Å²) in [7, 11) is 3.29. The molecule has 0 unspecified atom stereocenters. The van der Waals surface area contributed by atoms with Gasteiger partial charge in [-0.05, 0) is 23.6 Å². The van der Waals surface area contributed by atoms with E-state index < -0.39 is 0 Å². The molecule has 0 amide bonds. The summed E-state index contributed by atoms with van der Waals surface area (Å²) in [4.78, 5) is 6.78. The summed E-state index contributed by atoms with van der Waals surface area (Å²) in [5.74, 6) is 1.53. The van der Waals surface area contributed by atoms with Gasteiger partial charge >= 0.3 is 0 Å². The van der Waals surface area contributed by atoms with Gasteiger partial charge in [0, 0.05) is 17.1 Å². The van der Waals surface area contributed by atoms with E-state index in [1.54, 1.807) is 36.9 Å². The highest BCUT2D eigenvalue weighted by atomic mass is 32.1. The number of thiophene rings is 1. The Morgan fingerprint density at radius 3 is 2.71 bits per heavy atom. The molecule has 0 saturated carbocycles. The van der Waals surface area contributed by atoms with Crippen LogP contribution in [0, 0.1) is 0 Å². The third-order valence-corrected chi connectivity index (χ3v) is 4.90. The van der Waals surface area contributed by atoms with Crippen molar-refractivity contribution in [2.45, 2.75) is 0 Å². The van der Waals surface area contributed by atoms with E-state index in [-0.39, 0.29) is 0 Å². The molecule has 0 radical (unpaired) electrons. The number of nitrogens with one attached hydrogen (secondary N) is 1. The lowest BCUT2D eigenvalue weighted by Gasteiger charge is -2.10. The first-order valence-electron chi connectivity index (χ1n) is 6.29. The van der Waals surface area contributed by atoms with Crippen LogP contribution in [0.3, 0.4) is 0 Å². The van der Waals surface area contributed by atoms with Gasteiger partial charge < -0.3 is 14.8 Å². The fourth-order valence-electron chi connectivity index (χ4n) is 1.89. The molecule has 0 bridgehead atoms. The van der Waals surface area contributed by atoms with Crippen molar-refractivity contribution >= 4 is 33.5 Å². The van der Waals surface area contributed by atoms with Gasteiger partial charge in [0.15, 0.2) is 5.13 Å². The Morgan fingerprint density at radius 1 is 1.10 bits per heavy atom. The van der Waals surface area contributed by atoms with Crippen molar-refractivity contribution in [3.63, 3.8) is 0 Å². The summed E-state index contributed by atoms with van der Waals surface area (Å²) in [6, 6.07) is 9.76. The molecule has 21 heavy (non-hydrogen) atoms. The molecule has 0 atom stereocenters. The number of hydrogen-bond donors (Lipinski definition) is 1. The number of anilines is 2. The number of hydrogen-bond acceptors (Lipinski definition) is 6. The van der Waals surface area contributed by atoms with Crippen LogP contribution in [-0.2, 0) is 0 Å². The summed E-state index contributed by atoms with van der Waals surface area (Å²) in [6.45, 7) is 0. The number of methoxy groups -OCH3 is 2. The lowest BCUT2D eigenvalue weighted by molar-refractivity contribution is 0.405. The van der Waals surface area contributed by atoms with Crippen LogP contribution in [0.15, 0.2) is 41.9 Å². The molecule has 0 fully saturated rings. The van der Waals surface area contributed by atoms with E-state index in [9.17, 15) is 0 Å². The molecule has 2 aromatic heterocycles. The van der Waals surface area contributed by atoms with E-state index >= 15 is 0 Å². The molecular weight excluding hydrogens is 304 g/mol. The molecule has 3 aromatic rings. The van der Waals surface area contributed by atoms with Crippen molar-refractivity contribution in [3.05, 3.63) is 41.9 Å². The molecule has 1 N–H and O–H groups in total. The van der Waals surface area contributed by atoms with Gasteiger partial charge in [-0.2, -0.15) is 0 Å². The van der Waals surface area contributed by atoms with Crippen molar-refractivity contribution in [1.82, 2.24) is 4.98 Å². The topological polar surface area (TPSA) is 43.4 Å². The van der Waals surface area contributed by atoms with Crippen LogP contribution in [-0.4, -0.2) is 19.2 Å². The Morgan fingerprint density at radius 2 is 2.00 bits per heavy atom. The van der Waals surface area contributed by atoms with E-state index in [0.717, 1.165) is 27.2 Å². The van der Waals surface area contributed by atoms with Gasteiger partial charge in [0.2, 0.25) is 0 Å². The van der Waals surface area contributed by atoms with Crippen molar-refractivity contribution < 1.29 is 9.47 Å². The van der Waals surface area contributed by atoms with Gasteiger partial charge in [-0.3, -0.25) is 0 Å². The van der Waals surface area contributed by atoms with E-state index in [1.165, 1.54) is 4.88 Å². The zero-order chi connectivity index (χ0) is 14.7. The fraction of sp³-hybridized carbons (Fsp3) is 0.133. The number of ether oxygens (including phenoxy) is 2. The molecule has 0 spiro atoms. The van der Waals surface area contributed by atoms with Crippen LogP contribution in [0.1, 0.15) is 0 Å². The Balaban J connectivity index is 1.86. The maximum atomic E-state index is 5.36. The molecule has 0 aliphatic heterocycles. The van der Waals surface area contributed by atoms with Gasteiger partial charge in [0.25, 0.3) is 0 Å². The lowest BCUT2D eigenvalue weighted by Crippen LogP contribution is -1.95.